The highest BCUT2D eigenvalue weighted by Crippen LogP contribution is 2.41. The zero-order chi connectivity index (χ0) is 24.1. The van der Waals surface area contributed by atoms with Crippen LogP contribution in [-0.2, 0) is 33.8 Å². The summed E-state index contributed by atoms with van der Waals surface area (Å²) in [6, 6.07) is 6.55. The van der Waals surface area contributed by atoms with E-state index in [1.807, 2.05) is 0 Å². The molecule has 1 aromatic carbocycles. The molecule has 32 heavy (non-hydrogen) atoms. The van der Waals surface area contributed by atoms with Gasteiger partial charge in [-0.25, -0.2) is 13.2 Å². The number of hydrogen-bond donors (Lipinski definition) is 1. The number of rotatable bonds is 9. The van der Waals surface area contributed by atoms with Gasteiger partial charge in [-0.15, -0.1) is 0 Å². The minimum atomic E-state index is -3.52. The standard InChI is InChI=1S/C22H30N2O7S/c1-13(2)31-22(26)19-15(4)23-14(3)18(21(25)30-11-10-29-5)20(19)16-8-7-9-17(12-16)24-32(6,27)28/h7-9,12-13,18,20,24H,10-11H2,1-6H3. The Morgan fingerprint density at radius 1 is 1.19 bits per heavy atom. The summed E-state index contributed by atoms with van der Waals surface area (Å²) in [5.41, 5.74) is 2.01. The Morgan fingerprint density at radius 2 is 1.88 bits per heavy atom. The maximum atomic E-state index is 13.0. The third-order valence-electron chi connectivity index (χ3n) is 4.73. The third-order valence-corrected chi connectivity index (χ3v) is 5.33. The van der Waals surface area contributed by atoms with E-state index in [-0.39, 0.29) is 24.9 Å². The minimum Gasteiger partial charge on any atom is -0.463 e. The summed E-state index contributed by atoms with van der Waals surface area (Å²) in [5.74, 6) is -2.80. The van der Waals surface area contributed by atoms with E-state index in [4.69, 9.17) is 14.2 Å². The van der Waals surface area contributed by atoms with Gasteiger partial charge < -0.3 is 14.2 Å². The highest BCUT2D eigenvalue weighted by atomic mass is 32.2. The maximum Gasteiger partial charge on any atom is 0.336 e. The van der Waals surface area contributed by atoms with E-state index >= 15 is 0 Å². The van der Waals surface area contributed by atoms with Gasteiger partial charge in [0.25, 0.3) is 0 Å². The molecule has 10 heteroatoms. The van der Waals surface area contributed by atoms with Gasteiger partial charge in [-0.2, -0.15) is 0 Å². The van der Waals surface area contributed by atoms with Crippen LogP contribution in [0, 0.1) is 5.92 Å². The number of ether oxygens (including phenoxy) is 3. The normalized spacial score (nSPS) is 18.9. The highest BCUT2D eigenvalue weighted by Gasteiger charge is 2.42. The molecule has 1 heterocycles. The van der Waals surface area contributed by atoms with Crippen molar-refractivity contribution in [2.75, 3.05) is 31.3 Å². The molecule has 9 nitrogen and oxygen atoms in total. The quantitative estimate of drug-likeness (QED) is 0.439. The van der Waals surface area contributed by atoms with Crippen molar-refractivity contribution in [1.82, 2.24) is 0 Å². The van der Waals surface area contributed by atoms with E-state index < -0.39 is 33.8 Å². The molecular weight excluding hydrogens is 436 g/mol. The molecule has 1 aliphatic rings. The third kappa shape index (κ3) is 6.64. The van der Waals surface area contributed by atoms with Crippen molar-refractivity contribution < 1.29 is 32.2 Å². The van der Waals surface area contributed by atoms with Gasteiger partial charge in [0.2, 0.25) is 10.0 Å². The van der Waals surface area contributed by atoms with Crippen LogP contribution in [0.4, 0.5) is 5.69 Å². The van der Waals surface area contributed by atoms with Crippen LogP contribution in [-0.4, -0.2) is 58.8 Å². The Kier molecular flexibility index (Phi) is 8.57. The Morgan fingerprint density at radius 3 is 2.47 bits per heavy atom. The second-order valence-corrected chi connectivity index (χ2v) is 9.57. The molecular formula is C22H30N2O7S. The summed E-state index contributed by atoms with van der Waals surface area (Å²) >= 11 is 0. The number of esters is 2. The zero-order valence-corrected chi connectivity index (χ0v) is 20.0. The lowest BCUT2D eigenvalue weighted by Crippen LogP contribution is -2.37. The molecule has 0 saturated carbocycles. The molecule has 1 aliphatic heterocycles. The van der Waals surface area contributed by atoms with E-state index in [0.717, 1.165) is 6.26 Å². The number of aliphatic imine (C=N–C) groups is 1. The van der Waals surface area contributed by atoms with Gasteiger partial charge in [0, 0.05) is 30.1 Å². The van der Waals surface area contributed by atoms with Crippen LogP contribution in [0.15, 0.2) is 40.5 Å². The highest BCUT2D eigenvalue weighted by molar-refractivity contribution is 7.92. The summed E-state index contributed by atoms with van der Waals surface area (Å²) in [6.07, 6.45) is 0.670. The van der Waals surface area contributed by atoms with E-state index in [1.54, 1.807) is 52.0 Å². The fraction of sp³-hybridized carbons (Fsp3) is 0.500. The van der Waals surface area contributed by atoms with Crippen molar-refractivity contribution in [3.63, 3.8) is 0 Å². The molecule has 0 radical (unpaired) electrons. The lowest BCUT2D eigenvalue weighted by Gasteiger charge is -2.32. The first-order valence-electron chi connectivity index (χ1n) is 10.1. The molecule has 1 aromatic rings. The van der Waals surface area contributed by atoms with E-state index in [0.29, 0.717) is 22.7 Å². The van der Waals surface area contributed by atoms with Crippen molar-refractivity contribution in [3.8, 4) is 0 Å². The first-order chi connectivity index (χ1) is 14.9. The van der Waals surface area contributed by atoms with Gasteiger partial charge in [0.1, 0.15) is 12.5 Å². The molecule has 1 N–H and O–H groups in total. The van der Waals surface area contributed by atoms with Gasteiger partial charge in [-0.3, -0.25) is 14.5 Å². The number of benzene rings is 1. The van der Waals surface area contributed by atoms with E-state index in [1.165, 1.54) is 7.11 Å². The maximum absolute atomic E-state index is 13.0. The van der Waals surface area contributed by atoms with E-state index in [9.17, 15) is 18.0 Å². The van der Waals surface area contributed by atoms with Crippen molar-refractivity contribution in [1.29, 1.82) is 0 Å². The van der Waals surface area contributed by atoms with Gasteiger partial charge in [-0.05, 0) is 45.4 Å². The molecule has 176 valence electrons. The molecule has 0 aliphatic carbocycles. The van der Waals surface area contributed by atoms with Crippen molar-refractivity contribution in [2.24, 2.45) is 10.9 Å². The topological polar surface area (TPSA) is 120 Å². The number of carbonyl (C=O) groups excluding carboxylic acids is 2. The zero-order valence-electron chi connectivity index (χ0n) is 19.2. The van der Waals surface area contributed by atoms with Crippen LogP contribution in [0.25, 0.3) is 0 Å². The summed E-state index contributed by atoms with van der Waals surface area (Å²) < 4.78 is 41.6. The number of nitrogens with one attached hydrogen (secondary N) is 1. The van der Waals surface area contributed by atoms with Crippen molar-refractivity contribution >= 4 is 33.4 Å². The summed E-state index contributed by atoms with van der Waals surface area (Å²) in [6.45, 7) is 7.11. The number of sulfonamides is 1. The largest absolute Gasteiger partial charge is 0.463 e. The summed E-state index contributed by atoms with van der Waals surface area (Å²) in [5, 5.41) is 0. The second-order valence-electron chi connectivity index (χ2n) is 7.82. The van der Waals surface area contributed by atoms with E-state index in [2.05, 4.69) is 9.71 Å². The molecule has 2 unspecified atom stereocenters. The Hall–Kier alpha value is -2.72. The number of anilines is 1. The van der Waals surface area contributed by atoms with Crippen LogP contribution in [0.3, 0.4) is 0 Å². The molecule has 2 rings (SSSR count). The molecule has 0 saturated heterocycles. The Balaban J connectivity index is 2.59. The van der Waals surface area contributed by atoms with Crippen molar-refractivity contribution in [2.45, 2.75) is 39.7 Å². The number of hydrogen-bond acceptors (Lipinski definition) is 8. The fourth-order valence-electron chi connectivity index (χ4n) is 3.57. The summed E-state index contributed by atoms with van der Waals surface area (Å²) in [4.78, 5) is 30.5. The Bertz CT molecular complexity index is 1030. The van der Waals surface area contributed by atoms with Gasteiger partial charge in [-0.1, -0.05) is 12.1 Å². The lowest BCUT2D eigenvalue weighted by molar-refractivity contribution is -0.148. The molecule has 0 spiro atoms. The van der Waals surface area contributed by atoms with Crippen LogP contribution in [0.1, 0.15) is 39.2 Å². The van der Waals surface area contributed by atoms with Crippen LogP contribution >= 0.6 is 0 Å². The second kappa shape index (κ2) is 10.7. The van der Waals surface area contributed by atoms with Crippen molar-refractivity contribution in [3.05, 3.63) is 41.1 Å². The predicted octanol–water partition coefficient (Wildman–Crippen LogP) is 2.65. The number of allylic oxidation sites excluding steroid dienone is 1. The summed E-state index contributed by atoms with van der Waals surface area (Å²) in [7, 11) is -2.02. The van der Waals surface area contributed by atoms with Crippen LogP contribution in [0.2, 0.25) is 0 Å². The van der Waals surface area contributed by atoms with Crippen LogP contribution < -0.4 is 4.72 Å². The number of nitrogens with zero attached hydrogens (tertiary/aromatic N) is 1. The minimum absolute atomic E-state index is 0.0516. The molecule has 2 atom stereocenters. The molecule has 0 fully saturated rings. The molecule has 0 aromatic heterocycles. The van der Waals surface area contributed by atoms with Crippen LogP contribution in [0.5, 0.6) is 0 Å². The fourth-order valence-corrected chi connectivity index (χ4v) is 4.13. The first kappa shape index (κ1) is 25.5. The SMILES string of the molecule is COCCOC(=O)C1C(C)=NC(C)=C(C(=O)OC(C)C)C1c1cccc(NS(C)(=O)=O)c1. The smallest absolute Gasteiger partial charge is 0.336 e. The average Bonchev–Trinajstić information content (AvgIpc) is 2.65. The number of carbonyl (C=O) groups is 2. The van der Waals surface area contributed by atoms with Gasteiger partial charge in [0.05, 0.1) is 24.5 Å². The Labute approximate surface area is 188 Å². The first-order valence-corrected chi connectivity index (χ1v) is 12.0. The van der Waals surface area contributed by atoms with Gasteiger partial charge >= 0.3 is 11.9 Å². The van der Waals surface area contributed by atoms with Gasteiger partial charge in [0.15, 0.2) is 0 Å². The molecule has 0 amide bonds. The monoisotopic (exact) mass is 466 g/mol. The average molecular weight is 467 g/mol. The predicted molar refractivity (Wildman–Crippen MR) is 121 cm³/mol. The molecule has 0 bridgehead atoms. The number of methoxy groups -OCH3 is 1. The lowest BCUT2D eigenvalue weighted by atomic mass is 9.75.